The smallest absolute Gasteiger partial charge is 0.215 e. The number of pyridine rings is 1. The fourth-order valence-corrected chi connectivity index (χ4v) is 3.05. The zero-order valence-electron chi connectivity index (χ0n) is 12.4. The predicted molar refractivity (Wildman–Crippen MR) is 89.2 cm³/mol. The summed E-state index contributed by atoms with van der Waals surface area (Å²) in [6.07, 6.45) is 8.71. The number of benzene rings is 1. The van der Waals surface area contributed by atoms with Gasteiger partial charge in [0.05, 0.1) is 6.20 Å². The largest absolute Gasteiger partial charge is 0.437 e. The molecule has 1 fully saturated rings. The molecule has 2 heterocycles. The molecule has 0 radical (unpaired) electrons. The van der Waals surface area contributed by atoms with Gasteiger partial charge in [-0.1, -0.05) is 31.4 Å². The van der Waals surface area contributed by atoms with Crippen molar-refractivity contribution >= 4 is 28.2 Å². The lowest BCUT2D eigenvalue weighted by Gasteiger charge is -2.25. The lowest BCUT2D eigenvalue weighted by molar-refractivity contribution is 0.314. The third kappa shape index (κ3) is 2.41. The Morgan fingerprint density at radius 3 is 3.00 bits per heavy atom. The van der Waals surface area contributed by atoms with Gasteiger partial charge in [0.1, 0.15) is 5.69 Å². The van der Waals surface area contributed by atoms with Gasteiger partial charge in [0, 0.05) is 17.3 Å². The minimum Gasteiger partial charge on any atom is -0.437 e. The second kappa shape index (κ2) is 5.37. The van der Waals surface area contributed by atoms with Gasteiger partial charge in [0.2, 0.25) is 5.88 Å². The molecule has 0 spiro atoms. The normalized spacial score (nSPS) is 14.9. The van der Waals surface area contributed by atoms with Crippen LogP contribution in [0.25, 0.3) is 11.0 Å². The van der Waals surface area contributed by atoms with Crippen molar-refractivity contribution in [1.82, 2.24) is 4.98 Å². The quantitative estimate of drug-likeness (QED) is 0.743. The van der Waals surface area contributed by atoms with Gasteiger partial charge in [0.25, 0.3) is 0 Å². The molecule has 3 N–H and O–H groups in total. The van der Waals surface area contributed by atoms with Crippen LogP contribution >= 0.6 is 0 Å². The van der Waals surface area contributed by atoms with E-state index in [1.165, 1.54) is 31.2 Å². The summed E-state index contributed by atoms with van der Waals surface area (Å²) in [7, 11) is 0. The number of fused-ring (bicyclic) bond motifs is 1. The number of hydrogen-bond donors (Lipinski definition) is 2. The first kappa shape index (κ1) is 13.2. The van der Waals surface area contributed by atoms with Crippen molar-refractivity contribution in [3.8, 4) is 0 Å². The standard InChI is InChI=1S/C18H19N3O/c19-18-17(15-7-8-20-11-16(15)22-18)21-14-6-2-5-13(10-14)9-12-3-1-4-12/h2,5-8,10-12,21H,1,3-4,9,19H2. The fraction of sp³-hybridized carbons (Fsp3) is 0.278. The summed E-state index contributed by atoms with van der Waals surface area (Å²) in [5, 5.41) is 4.35. The zero-order valence-corrected chi connectivity index (χ0v) is 12.4. The van der Waals surface area contributed by atoms with Crippen LogP contribution in [-0.4, -0.2) is 4.98 Å². The van der Waals surface area contributed by atoms with Gasteiger partial charge in [-0.05, 0) is 36.1 Å². The fourth-order valence-electron chi connectivity index (χ4n) is 3.05. The van der Waals surface area contributed by atoms with Gasteiger partial charge < -0.3 is 15.5 Å². The topological polar surface area (TPSA) is 64.1 Å². The minimum absolute atomic E-state index is 0.396. The molecule has 0 aliphatic heterocycles. The SMILES string of the molecule is Nc1oc2cnccc2c1Nc1cccc(CC2CCC2)c1. The molecule has 2 aromatic heterocycles. The Labute approximate surface area is 129 Å². The average molecular weight is 293 g/mol. The van der Waals surface area contributed by atoms with Crippen molar-refractivity contribution in [2.75, 3.05) is 11.1 Å². The summed E-state index contributed by atoms with van der Waals surface area (Å²) in [5.74, 6) is 1.26. The number of aromatic nitrogens is 1. The Morgan fingerprint density at radius 1 is 1.27 bits per heavy atom. The summed E-state index contributed by atoms with van der Waals surface area (Å²) < 4.78 is 5.55. The number of nitrogen functional groups attached to an aromatic ring is 1. The van der Waals surface area contributed by atoms with Gasteiger partial charge in [-0.15, -0.1) is 0 Å². The molecular formula is C18H19N3O. The number of nitrogens with zero attached hydrogens (tertiary/aromatic N) is 1. The average Bonchev–Trinajstić information content (AvgIpc) is 2.80. The second-order valence-electron chi connectivity index (χ2n) is 6.04. The molecule has 1 aliphatic carbocycles. The van der Waals surface area contributed by atoms with Crippen LogP contribution in [0.2, 0.25) is 0 Å². The van der Waals surface area contributed by atoms with Crippen LogP contribution in [0, 0.1) is 5.92 Å². The number of hydrogen-bond acceptors (Lipinski definition) is 4. The van der Waals surface area contributed by atoms with E-state index in [4.69, 9.17) is 10.2 Å². The Kier molecular flexibility index (Phi) is 3.22. The van der Waals surface area contributed by atoms with E-state index in [1.54, 1.807) is 12.4 Å². The van der Waals surface area contributed by atoms with E-state index < -0.39 is 0 Å². The molecule has 1 aliphatic rings. The number of anilines is 3. The van der Waals surface area contributed by atoms with E-state index in [0.717, 1.165) is 22.7 Å². The van der Waals surface area contributed by atoms with Crippen molar-refractivity contribution in [3.63, 3.8) is 0 Å². The van der Waals surface area contributed by atoms with Gasteiger partial charge >= 0.3 is 0 Å². The van der Waals surface area contributed by atoms with E-state index in [9.17, 15) is 0 Å². The van der Waals surface area contributed by atoms with E-state index in [-0.39, 0.29) is 0 Å². The molecule has 4 rings (SSSR count). The van der Waals surface area contributed by atoms with Gasteiger partial charge in [-0.2, -0.15) is 0 Å². The van der Waals surface area contributed by atoms with Crippen LogP contribution in [0.3, 0.4) is 0 Å². The monoisotopic (exact) mass is 293 g/mol. The maximum Gasteiger partial charge on any atom is 0.215 e. The molecule has 3 aromatic rings. The highest BCUT2D eigenvalue weighted by Crippen LogP contribution is 2.35. The summed E-state index contributed by atoms with van der Waals surface area (Å²) in [5.41, 5.74) is 9.94. The highest BCUT2D eigenvalue weighted by atomic mass is 16.3. The molecule has 4 heteroatoms. The van der Waals surface area contributed by atoms with Gasteiger partial charge in [-0.3, -0.25) is 4.98 Å². The molecule has 0 saturated heterocycles. The van der Waals surface area contributed by atoms with Crippen molar-refractivity contribution in [2.45, 2.75) is 25.7 Å². The zero-order chi connectivity index (χ0) is 14.9. The molecular weight excluding hydrogens is 274 g/mol. The van der Waals surface area contributed by atoms with E-state index in [1.807, 2.05) is 6.07 Å². The molecule has 0 atom stereocenters. The Balaban J connectivity index is 1.61. The lowest BCUT2D eigenvalue weighted by atomic mass is 9.81. The first-order valence-corrected chi connectivity index (χ1v) is 7.77. The molecule has 0 unspecified atom stereocenters. The summed E-state index contributed by atoms with van der Waals surface area (Å²) >= 11 is 0. The van der Waals surface area contributed by atoms with Crippen LogP contribution in [-0.2, 0) is 6.42 Å². The minimum atomic E-state index is 0.396. The van der Waals surface area contributed by atoms with Gasteiger partial charge in [-0.25, -0.2) is 0 Å². The summed E-state index contributed by atoms with van der Waals surface area (Å²) in [6.45, 7) is 0. The third-order valence-corrected chi connectivity index (χ3v) is 4.47. The number of furan rings is 1. The van der Waals surface area contributed by atoms with Crippen LogP contribution in [0.1, 0.15) is 24.8 Å². The van der Waals surface area contributed by atoms with Crippen LogP contribution in [0.5, 0.6) is 0 Å². The van der Waals surface area contributed by atoms with Gasteiger partial charge in [0.15, 0.2) is 5.58 Å². The highest BCUT2D eigenvalue weighted by molar-refractivity contribution is 5.97. The van der Waals surface area contributed by atoms with Crippen molar-refractivity contribution in [2.24, 2.45) is 5.92 Å². The third-order valence-electron chi connectivity index (χ3n) is 4.47. The first-order valence-electron chi connectivity index (χ1n) is 7.77. The molecule has 0 amide bonds. The van der Waals surface area contributed by atoms with Crippen LogP contribution in [0.4, 0.5) is 17.3 Å². The predicted octanol–water partition coefficient (Wildman–Crippen LogP) is 4.50. The highest BCUT2D eigenvalue weighted by Gasteiger charge is 2.18. The molecule has 0 bridgehead atoms. The number of nitrogens with two attached hydrogens (primary N) is 1. The lowest BCUT2D eigenvalue weighted by Crippen LogP contribution is -2.13. The number of rotatable bonds is 4. The Hall–Kier alpha value is -2.49. The van der Waals surface area contributed by atoms with E-state index in [2.05, 4.69) is 34.6 Å². The van der Waals surface area contributed by atoms with E-state index >= 15 is 0 Å². The van der Waals surface area contributed by atoms with Crippen LogP contribution in [0.15, 0.2) is 47.1 Å². The Bertz CT molecular complexity index is 805. The second-order valence-corrected chi connectivity index (χ2v) is 6.04. The first-order chi connectivity index (χ1) is 10.8. The summed E-state index contributed by atoms with van der Waals surface area (Å²) in [4.78, 5) is 4.06. The molecule has 1 aromatic carbocycles. The maximum absolute atomic E-state index is 5.99. The van der Waals surface area contributed by atoms with Crippen molar-refractivity contribution < 1.29 is 4.42 Å². The Morgan fingerprint density at radius 2 is 2.18 bits per heavy atom. The summed E-state index contributed by atoms with van der Waals surface area (Å²) in [6, 6.07) is 10.5. The number of nitrogens with one attached hydrogen (secondary N) is 1. The van der Waals surface area contributed by atoms with Crippen LogP contribution < -0.4 is 11.1 Å². The maximum atomic E-state index is 5.99. The van der Waals surface area contributed by atoms with Crippen molar-refractivity contribution in [3.05, 3.63) is 48.3 Å². The van der Waals surface area contributed by atoms with E-state index in [0.29, 0.717) is 11.5 Å². The molecule has 4 nitrogen and oxygen atoms in total. The molecule has 1 saturated carbocycles. The van der Waals surface area contributed by atoms with Crippen molar-refractivity contribution in [1.29, 1.82) is 0 Å². The molecule has 112 valence electrons. The molecule has 22 heavy (non-hydrogen) atoms.